The molecule has 0 aliphatic heterocycles. The normalized spacial score (nSPS) is 16.8. The van der Waals surface area contributed by atoms with E-state index in [1.165, 1.54) is 0 Å². The van der Waals surface area contributed by atoms with Crippen molar-refractivity contribution in [3.63, 3.8) is 0 Å². The maximum absolute atomic E-state index is 12.6. The second-order valence-electron chi connectivity index (χ2n) is 13.8. The molecule has 0 fully saturated rings. The molecule has 0 aliphatic rings. The standard InChI is InChI=1S/C31H68N4O5Si2/c1-24(18-19-34-28(5)16-14-26(3)32-7)30(36)38-20-13-21-41(9,10)40-42(11,12)23-39-31(37)25(2)22-35-29(6)17-15-27(4)33-8/h24-29,32-35H,13-23H2,1-12H3. The predicted octanol–water partition coefficient (Wildman–Crippen LogP) is 4.82. The van der Waals surface area contributed by atoms with E-state index < -0.39 is 16.6 Å². The Hall–Kier alpha value is -0.826. The van der Waals surface area contributed by atoms with E-state index in [0.717, 1.165) is 51.1 Å². The summed E-state index contributed by atoms with van der Waals surface area (Å²) in [5.41, 5.74) is 0. The van der Waals surface area contributed by atoms with Crippen LogP contribution in [-0.2, 0) is 23.2 Å². The van der Waals surface area contributed by atoms with E-state index in [4.69, 9.17) is 13.6 Å². The lowest BCUT2D eigenvalue weighted by molar-refractivity contribution is -0.148. The number of hydrogen-bond donors (Lipinski definition) is 4. The Morgan fingerprint density at radius 3 is 1.69 bits per heavy atom. The van der Waals surface area contributed by atoms with Crippen molar-refractivity contribution in [2.24, 2.45) is 11.8 Å². The fourth-order valence-corrected chi connectivity index (χ4v) is 12.8. The fraction of sp³-hybridized carbons (Fsp3) is 0.935. The molecule has 0 aliphatic carbocycles. The summed E-state index contributed by atoms with van der Waals surface area (Å²) in [7, 11) is -0.212. The van der Waals surface area contributed by atoms with Crippen molar-refractivity contribution < 1.29 is 23.2 Å². The van der Waals surface area contributed by atoms with Gasteiger partial charge < -0.3 is 34.9 Å². The molecule has 4 N–H and O–H groups in total. The molecule has 11 heteroatoms. The number of nitrogens with one attached hydrogen (secondary N) is 4. The summed E-state index contributed by atoms with van der Waals surface area (Å²) < 4.78 is 17.9. The summed E-state index contributed by atoms with van der Waals surface area (Å²) in [6.45, 7) is 23.0. The number of rotatable bonds is 25. The van der Waals surface area contributed by atoms with Gasteiger partial charge in [0, 0.05) is 30.7 Å². The quantitative estimate of drug-likeness (QED) is 0.0640. The molecule has 0 aromatic carbocycles. The third kappa shape index (κ3) is 21.0. The van der Waals surface area contributed by atoms with Crippen LogP contribution in [0.4, 0.5) is 0 Å². The highest BCUT2D eigenvalue weighted by atomic mass is 28.4. The van der Waals surface area contributed by atoms with Gasteiger partial charge in [0.15, 0.2) is 8.32 Å². The lowest BCUT2D eigenvalue weighted by Gasteiger charge is -2.33. The van der Waals surface area contributed by atoms with E-state index >= 15 is 0 Å². The second-order valence-corrected chi connectivity index (χ2v) is 22.4. The van der Waals surface area contributed by atoms with Crippen LogP contribution in [0, 0.1) is 11.8 Å². The number of ether oxygens (including phenoxy) is 2. The van der Waals surface area contributed by atoms with E-state index in [-0.39, 0.29) is 23.8 Å². The van der Waals surface area contributed by atoms with E-state index in [1.807, 2.05) is 27.9 Å². The fourth-order valence-electron chi connectivity index (χ4n) is 4.65. The Morgan fingerprint density at radius 1 is 0.643 bits per heavy atom. The van der Waals surface area contributed by atoms with E-state index in [2.05, 4.69) is 75.2 Å². The summed E-state index contributed by atoms with van der Waals surface area (Å²) in [6.07, 6.45) is 6.31. The molecule has 9 nitrogen and oxygen atoms in total. The van der Waals surface area contributed by atoms with Gasteiger partial charge in [-0.2, -0.15) is 0 Å². The highest BCUT2D eigenvalue weighted by Gasteiger charge is 2.34. The van der Waals surface area contributed by atoms with Gasteiger partial charge >= 0.3 is 11.9 Å². The smallest absolute Gasteiger partial charge is 0.309 e. The molecular formula is C31H68N4O5Si2. The van der Waals surface area contributed by atoms with Crippen molar-refractivity contribution in [2.75, 3.05) is 40.0 Å². The van der Waals surface area contributed by atoms with Gasteiger partial charge in [0.05, 0.1) is 18.4 Å². The van der Waals surface area contributed by atoms with Crippen molar-refractivity contribution in [1.82, 2.24) is 21.3 Å². The third-order valence-corrected chi connectivity index (χ3v) is 14.8. The lowest BCUT2D eigenvalue weighted by Crippen LogP contribution is -2.48. The Labute approximate surface area is 261 Å². The second kappa shape index (κ2) is 21.8. The number of esters is 2. The minimum atomic E-state index is -2.19. The molecule has 0 saturated heterocycles. The van der Waals surface area contributed by atoms with Crippen LogP contribution in [0.15, 0.2) is 0 Å². The van der Waals surface area contributed by atoms with Gasteiger partial charge in [-0.1, -0.05) is 13.8 Å². The Morgan fingerprint density at radius 2 is 1.14 bits per heavy atom. The first-order valence-electron chi connectivity index (χ1n) is 16.4. The average molecular weight is 633 g/mol. The van der Waals surface area contributed by atoms with Crippen molar-refractivity contribution in [3.8, 4) is 0 Å². The molecule has 0 aromatic rings. The zero-order valence-electron chi connectivity index (χ0n) is 29.3. The van der Waals surface area contributed by atoms with Crippen molar-refractivity contribution in [1.29, 1.82) is 0 Å². The molecule has 42 heavy (non-hydrogen) atoms. The van der Waals surface area contributed by atoms with Gasteiger partial charge in [-0.05, 0) is 119 Å². The summed E-state index contributed by atoms with van der Waals surface area (Å²) in [4.78, 5) is 25.1. The molecule has 6 atom stereocenters. The largest absolute Gasteiger partial charge is 0.466 e. The molecule has 0 aromatic heterocycles. The Bertz CT molecular complexity index is 744. The Kier molecular flexibility index (Phi) is 21.4. The predicted molar refractivity (Wildman–Crippen MR) is 181 cm³/mol. The molecule has 0 rings (SSSR count). The van der Waals surface area contributed by atoms with Gasteiger partial charge in [0.1, 0.15) is 6.23 Å². The molecule has 0 spiro atoms. The molecule has 250 valence electrons. The minimum Gasteiger partial charge on any atom is -0.466 e. The monoisotopic (exact) mass is 632 g/mol. The van der Waals surface area contributed by atoms with Crippen molar-refractivity contribution in [2.45, 2.75) is 136 Å². The van der Waals surface area contributed by atoms with Gasteiger partial charge in [0.2, 0.25) is 8.32 Å². The van der Waals surface area contributed by atoms with Crippen LogP contribution in [0.25, 0.3) is 0 Å². The summed E-state index contributed by atoms with van der Waals surface area (Å²) in [5, 5.41) is 13.5. The van der Waals surface area contributed by atoms with E-state index in [9.17, 15) is 9.59 Å². The maximum atomic E-state index is 12.6. The first-order valence-corrected chi connectivity index (χ1v) is 22.6. The third-order valence-electron chi connectivity index (χ3n) is 7.98. The zero-order valence-corrected chi connectivity index (χ0v) is 31.3. The number of carbonyl (C=O) groups is 2. The summed E-state index contributed by atoms with van der Waals surface area (Å²) in [5.74, 6) is -0.615. The van der Waals surface area contributed by atoms with E-state index in [1.54, 1.807) is 0 Å². The zero-order chi connectivity index (χ0) is 32.3. The molecular weight excluding hydrogens is 565 g/mol. The summed E-state index contributed by atoms with van der Waals surface area (Å²) in [6, 6.07) is 2.69. The van der Waals surface area contributed by atoms with Crippen molar-refractivity contribution >= 4 is 28.6 Å². The van der Waals surface area contributed by atoms with Crippen LogP contribution in [-0.4, -0.2) is 92.8 Å². The van der Waals surface area contributed by atoms with Gasteiger partial charge in [-0.3, -0.25) is 9.59 Å². The van der Waals surface area contributed by atoms with Crippen LogP contribution in [0.2, 0.25) is 32.2 Å². The van der Waals surface area contributed by atoms with E-state index in [0.29, 0.717) is 43.5 Å². The Balaban J connectivity index is 4.27. The molecule has 0 bridgehead atoms. The number of hydrogen-bond acceptors (Lipinski definition) is 9. The SMILES string of the molecule is CNC(C)CCC(C)NCCC(C)C(=O)OCCC[Si](C)(C)O[Si](C)(C)COC(=O)C(C)CNC(C)CCC(C)NC. The highest BCUT2D eigenvalue weighted by Crippen LogP contribution is 2.21. The van der Waals surface area contributed by atoms with Crippen molar-refractivity contribution in [3.05, 3.63) is 0 Å². The van der Waals surface area contributed by atoms with Crippen LogP contribution < -0.4 is 21.3 Å². The van der Waals surface area contributed by atoms with Gasteiger partial charge in [-0.15, -0.1) is 0 Å². The van der Waals surface area contributed by atoms with Gasteiger partial charge in [0.25, 0.3) is 0 Å². The average Bonchev–Trinajstić information content (AvgIpc) is 2.93. The maximum Gasteiger partial charge on any atom is 0.309 e. The molecule has 0 amide bonds. The first kappa shape index (κ1) is 41.2. The highest BCUT2D eigenvalue weighted by molar-refractivity contribution is 6.84. The van der Waals surface area contributed by atoms with Crippen LogP contribution in [0.3, 0.4) is 0 Å². The summed E-state index contributed by atoms with van der Waals surface area (Å²) >= 11 is 0. The topological polar surface area (TPSA) is 110 Å². The van der Waals surface area contributed by atoms with Crippen LogP contribution in [0.5, 0.6) is 0 Å². The van der Waals surface area contributed by atoms with Gasteiger partial charge in [-0.25, -0.2) is 0 Å². The first-order chi connectivity index (χ1) is 19.5. The van der Waals surface area contributed by atoms with Crippen LogP contribution >= 0.6 is 0 Å². The molecule has 6 unspecified atom stereocenters. The number of carbonyl (C=O) groups excluding carboxylic acids is 2. The minimum absolute atomic E-state index is 0.119. The molecule has 0 heterocycles. The molecule has 0 radical (unpaired) electrons. The molecule has 0 saturated carbocycles. The van der Waals surface area contributed by atoms with Crippen LogP contribution in [0.1, 0.15) is 80.1 Å². The lowest BCUT2D eigenvalue weighted by atomic mass is 10.1.